The van der Waals surface area contributed by atoms with Crippen molar-refractivity contribution in [3.05, 3.63) is 48.0 Å². The molecule has 0 atom stereocenters. The summed E-state index contributed by atoms with van der Waals surface area (Å²) >= 11 is 0. The van der Waals surface area contributed by atoms with Gasteiger partial charge in [-0.1, -0.05) is 29.8 Å². The van der Waals surface area contributed by atoms with Crippen LogP contribution in [0.1, 0.15) is 12.0 Å². The zero-order valence-corrected chi connectivity index (χ0v) is 14.0. The van der Waals surface area contributed by atoms with E-state index in [2.05, 4.69) is 5.32 Å². The molecule has 126 valence electrons. The van der Waals surface area contributed by atoms with Crippen LogP contribution in [-0.4, -0.2) is 32.1 Å². The number of hydrogen-bond acceptors (Lipinski definition) is 3. The molecule has 0 bridgehead atoms. The van der Waals surface area contributed by atoms with Crippen molar-refractivity contribution in [3.8, 4) is 11.1 Å². The van der Waals surface area contributed by atoms with Crippen LogP contribution in [0.25, 0.3) is 11.1 Å². The SMILES string of the molecule is Cc1ccc(-c2cc(N3CCCNC3=O)ccc2S(=O)(=O)O)cc1. The molecule has 1 aliphatic heterocycles. The highest BCUT2D eigenvalue weighted by molar-refractivity contribution is 7.86. The van der Waals surface area contributed by atoms with Gasteiger partial charge >= 0.3 is 6.03 Å². The lowest BCUT2D eigenvalue weighted by Crippen LogP contribution is -2.46. The number of anilines is 1. The maximum atomic E-state index is 12.0. The van der Waals surface area contributed by atoms with E-state index in [9.17, 15) is 17.8 Å². The Morgan fingerprint density at radius 3 is 2.46 bits per heavy atom. The number of carbonyl (C=O) groups excluding carboxylic acids is 1. The zero-order valence-electron chi connectivity index (χ0n) is 13.2. The third-order valence-electron chi connectivity index (χ3n) is 4.00. The quantitative estimate of drug-likeness (QED) is 0.837. The van der Waals surface area contributed by atoms with E-state index in [4.69, 9.17) is 0 Å². The first-order valence-electron chi connectivity index (χ1n) is 7.60. The number of rotatable bonds is 3. The summed E-state index contributed by atoms with van der Waals surface area (Å²) in [7, 11) is -4.37. The fourth-order valence-electron chi connectivity index (χ4n) is 2.75. The van der Waals surface area contributed by atoms with Crippen LogP contribution in [0.15, 0.2) is 47.4 Å². The van der Waals surface area contributed by atoms with Crippen molar-refractivity contribution in [2.75, 3.05) is 18.0 Å². The molecule has 3 rings (SSSR count). The van der Waals surface area contributed by atoms with Crippen LogP contribution in [0.4, 0.5) is 10.5 Å². The zero-order chi connectivity index (χ0) is 17.3. The van der Waals surface area contributed by atoms with E-state index in [1.54, 1.807) is 23.1 Å². The van der Waals surface area contributed by atoms with Gasteiger partial charge in [-0.15, -0.1) is 0 Å². The Morgan fingerprint density at radius 1 is 1.12 bits per heavy atom. The van der Waals surface area contributed by atoms with Gasteiger partial charge in [0, 0.05) is 24.3 Å². The summed E-state index contributed by atoms with van der Waals surface area (Å²) in [4.78, 5) is 13.4. The fourth-order valence-corrected chi connectivity index (χ4v) is 3.44. The average Bonchev–Trinajstić information content (AvgIpc) is 2.54. The molecule has 6 nitrogen and oxygen atoms in total. The molecule has 1 heterocycles. The number of nitrogens with one attached hydrogen (secondary N) is 1. The molecule has 0 unspecified atom stereocenters. The molecule has 0 spiro atoms. The molecule has 0 radical (unpaired) electrons. The van der Waals surface area contributed by atoms with Gasteiger partial charge in [-0.25, -0.2) is 4.79 Å². The smallest absolute Gasteiger partial charge is 0.321 e. The molecule has 1 aliphatic rings. The standard InChI is InChI=1S/C17H18N2O4S/c1-12-3-5-13(6-4-12)15-11-14(7-8-16(15)24(21,22)23)19-10-2-9-18-17(19)20/h3-8,11H,2,9-10H2,1H3,(H,18,20)(H,21,22,23). The van der Waals surface area contributed by atoms with Crippen molar-refractivity contribution in [1.82, 2.24) is 5.32 Å². The van der Waals surface area contributed by atoms with Crippen LogP contribution in [0.2, 0.25) is 0 Å². The minimum absolute atomic E-state index is 0.174. The number of urea groups is 1. The molecule has 0 aromatic heterocycles. The van der Waals surface area contributed by atoms with Gasteiger partial charge in [-0.2, -0.15) is 8.42 Å². The number of hydrogen-bond donors (Lipinski definition) is 2. The van der Waals surface area contributed by atoms with Gasteiger partial charge < -0.3 is 5.32 Å². The van der Waals surface area contributed by atoms with Crippen LogP contribution in [0.5, 0.6) is 0 Å². The molecule has 0 saturated carbocycles. The molecule has 2 N–H and O–H groups in total. The van der Waals surface area contributed by atoms with Crippen LogP contribution in [0.3, 0.4) is 0 Å². The molecule has 0 aliphatic carbocycles. The van der Waals surface area contributed by atoms with E-state index in [1.165, 1.54) is 12.1 Å². The number of amides is 2. The molecular weight excluding hydrogens is 328 g/mol. The van der Waals surface area contributed by atoms with Crippen LogP contribution in [0, 0.1) is 6.92 Å². The number of aryl methyl sites for hydroxylation is 1. The highest BCUT2D eigenvalue weighted by atomic mass is 32.2. The lowest BCUT2D eigenvalue weighted by atomic mass is 10.0. The third-order valence-corrected chi connectivity index (χ3v) is 4.91. The third kappa shape index (κ3) is 3.27. The van der Waals surface area contributed by atoms with Gasteiger partial charge in [0.05, 0.1) is 0 Å². The lowest BCUT2D eigenvalue weighted by molar-refractivity contribution is 0.243. The largest absolute Gasteiger partial charge is 0.338 e. The number of nitrogens with zero attached hydrogens (tertiary/aromatic N) is 1. The first-order chi connectivity index (χ1) is 11.4. The monoisotopic (exact) mass is 346 g/mol. The van der Waals surface area contributed by atoms with E-state index in [1.807, 2.05) is 19.1 Å². The maximum Gasteiger partial charge on any atom is 0.321 e. The first-order valence-corrected chi connectivity index (χ1v) is 9.04. The summed E-state index contributed by atoms with van der Waals surface area (Å²) in [6.45, 7) is 3.12. The maximum absolute atomic E-state index is 12.0. The van der Waals surface area contributed by atoms with Crippen molar-refractivity contribution in [2.24, 2.45) is 0 Å². The highest BCUT2D eigenvalue weighted by Crippen LogP contribution is 2.32. The molecule has 2 aromatic rings. The predicted molar refractivity (Wildman–Crippen MR) is 91.8 cm³/mol. The summed E-state index contributed by atoms with van der Waals surface area (Å²) < 4.78 is 32.9. The van der Waals surface area contributed by atoms with E-state index in [0.717, 1.165) is 12.0 Å². The number of carbonyl (C=O) groups is 1. The van der Waals surface area contributed by atoms with Crippen LogP contribution in [-0.2, 0) is 10.1 Å². The summed E-state index contributed by atoms with van der Waals surface area (Å²) in [5.74, 6) is 0. The van der Waals surface area contributed by atoms with Gasteiger partial charge in [0.1, 0.15) is 4.90 Å². The Labute approximate surface area is 140 Å². The average molecular weight is 346 g/mol. The molecule has 1 fully saturated rings. The molecule has 2 amide bonds. The second kappa shape index (κ2) is 6.26. The summed E-state index contributed by atoms with van der Waals surface area (Å²) in [5.41, 5.74) is 2.66. The summed E-state index contributed by atoms with van der Waals surface area (Å²) in [6, 6.07) is 11.6. The van der Waals surface area contributed by atoms with Gasteiger partial charge in [0.25, 0.3) is 10.1 Å². The molecule has 1 saturated heterocycles. The molecular formula is C17H18N2O4S. The van der Waals surface area contributed by atoms with Gasteiger partial charge in [-0.05, 0) is 37.1 Å². The topological polar surface area (TPSA) is 86.7 Å². The van der Waals surface area contributed by atoms with E-state index < -0.39 is 10.1 Å². The van der Waals surface area contributed by atoms with Crippen molar-refractivity contribution in [3.63, 3.8) is 0 Å². The number of benzene rings is 2. The van der Waals surface area contributed by atoms with E-state index in [-0.39, 0.29) is 10.9 Å². The molecule has 2 aromatic carbocycles. The second-order valence-corrected chi connectivity index (χ2v) is 7.15. The first kappa shape index (κ1) is 16.5. The Hall–Kier alpha value is -2.38. The molecule has 24 heavy (non-hydrogen) atoms. The Balaban J connectivity index is 2.14. The Morgan fingerprint density at radius 2 is 1.83 bits per heavy atom. The van der Waals surface area contributed by atoms with Gasteiger partial charge in [0.15, 0.2) is 0 Å². The normalized spacial score (nSPS) is 15.2. The Kier molecular flexibility index (Phi) is 4.29. The summed E-state index contributed by atoms with van der Waals surface area (Å²) in [6.07, 6.45) is 0.811. The Bertz CT molecular complexity index is 876. The summed E-state index contributed by atoms with van der Waals surface area (Å²) in [5, 5.41) is 2.76. The lowest BCUT2D eigenvalue weighted by Gasteiger charge is -2.28. The molecule has 7 heteroatoms. The van der Waals surface area contributed by atoms with Gasteiger partial charge in [-0.3, -0.25) is 9.45 Å². The van der Waals surface area contributed by atoms with Crippen molar-refractivity contribution >= 4 is 21.8 Å². The van der Waals surface area contributed by atoms with Crippen molar-refractivity contribution in [2.45, 2.75) is 18.2 Å². The minimum atomic E-state index is -4.37. The van der Waals surface area contributed by atoms with Crippen LogP contribution >= 0.6 is 0 Å². The second-order valence-electron chi connectivity index (χ2n) is 5.76. The highest BCUT2D eigenvalue weighted by Gasteiger charge is 2.23. The van der Waals surface area contributed by atoms with Crippen molar-refractivity contribution in [1.29, 1.82) is 0 Å². The predicted octanol–water partition coefficient (Wildman–Crippen LogP) is 2.83. The fraction of sp³-hybridized carbons (Fsp3) is 0.235. The van der Waals surface area contributed by atoms with E-state index in [0.29, 0.717) is 29.9 Å². The van der Waals surface area contributed by atoms with Gasteiger partial charge in [0.2, 0.25) is 0 Å². The van der Waals surface area contributed by atoms with Crippen LogP contribution < -0.4 is 10.2 Å². The van der Waals surface area contributed by atoms with Crippen molar-refractivity contribution < 1.29 is 17.8 Å². The minimum Gasteiger partial charge on any atom is -0.338 e. The van der Waals surface area contributed by atoms with E-state index >= 15 is 0 Å².